The van der Waals surface area contributed by atoms with E-state index in [-0.39, 0.29) is 0 Å². The van der Waals surface area contributed by atoms with Gasteiger partial charge in [0.2, 0.25) is 0 Å². The molecule has 0 aliphatic rings. The van der Waals surface area contributed by atoms with Gasteiger partial charge in [0.25, 0.3) is 0 Å². The van der Waals surface area contributed by atoms with Crippen LogP contribution in [0.5, 0.6) is 0 Å². The maximum atomic E-state index is 11.0. The number of carboxylic acid groups (broad SMARTS) is 1. The molecule has 3 nitrogen and oxygen atoms in total. The number of hydrogen-bond acceptors (Lipinski definition) is 3. The van der Waals surface area contributed by atoms with Gasteiger partial charge in [-0.3, -0.25) is 0 Å². The number of aromatic nitrogens is 1. The molecule has 0 fully saturated rings. The Morgan fingerprint density at radius 2 is 2.00 bits per heavy atom. The zero-order valence-electron chi connectivity index (χ0n) is 8.63. The summed E-state index contributed by atoms with van der Waals surface area (Å²) in [4.78, 5) is 15.9. The van der Waals surface area contributed by atoms with E-state index in [4.69, 9.17) is 5.11 Å². The fourth-order valence-corrected chi connectivity index (χ4v) is 2.38. The van der Waals surface area contributed by atoms with E-state index in [1.54, 1.807) is 24.4 Å². The molecule has 0 aliphatic carbocycles. The van der Waals surface area contributed by atoms with Gasteiger partial charge in [-0.1, -0.05) is 23.9 Å². The van der Waals surface area contributed by atoms with Crippen molar-refractivity contribution in [3.05, 3.63) is 52.6 Å². The third kappa shape index (κ3) is 3.08. The van der Waals surface area contributed by atoms with Gasteiger partial charge in [-0.05, 0) is 40.2 Å². The summed E-state index contributed by atoms with van der Waals surface area (Å²) < 4.78 is 0.897. The van der Waals surface area contributed by atoms with Crippen LogP contribution in [-0.2, 0) is 0 Å². The smallest absolute Gasteiger partial charge is 0.336 e. The summed E-state index contributed by atoms with van der Waals surface area (Å²) in [6.45, 7) is 0. The van der Waals surface area contributed by atoms with Gasteiger partial charge < -0.3 is 5.11 Å². The molecule has 0 atom stereocenters. The van der Waals surface area contributed by atoms with Gasteiger partial charge in [0.05, 0.1) is 5.56 Å². The number of hydrogen-bond donors (Lipinski definition) is 1. The van der Waals surface area contributed by atoms with Gasteiger partial charge in [-0.25, -0.2) is 9.78 Å². The summed E-state index contributed by atoms with van der Waals surface area (Å²) in [6, 6.07) is 10.6. The van der Waals surface area contributed by atoms with Crippen LogP contribution in [0, 0.1) is 0 Å². The average Bonchev–Trinajstić information content (AvgIpc) is 2.32. The lowest BCUT2D eigenvalue weighted by molar-refractivity contribution is 0.0693. The fraction of sp³-hybridized carbons (Fsp3) is 0. The van der Waals surface area contributed by atoms with Crippen LogP contribution >= 0.6 is 27.7 Å². The minimum atomic E-state index is -0.926. The predicted octanol–water partition coefficient (Wildman–Crippen LogP) is 3.69. The summed E-state index contributed by atoms with van der Waals surface area (Å²) in [5, 5.41) is 9.81. The first kappa shape index (κ1) is 12.1. The second-order valence-corrected chi connectivity index (χ2v) is 5.20. The van der Waals surface area contributed by atoms with Crippen LogP contribution in [0.25, 0.3) is 0 Å². The van der Waals surface area contributed by atoms with Gasteiger partial charge in [-0.15, -0.1) is 0 Å². The highest BCUT2D eigenvalue weighted by Crippen LogP contribution is 2.29. The molecule has 5 heteroatoms. The third-order valence-electron chi connectivity index (χ3n) is 2.03. The van der Waals surface area contributed by atoms with Crippen LogP contribution in [0.3, 0.4) is 0 Å². The lowest BCUT2D eigenvalue weighted by atomic mass is 10.2. The normalized spacial score (nSPS) is 10.2. The van der Waals surface area contributed by atoms with Crippen LogP contribution in [0.2, 0.25) is 0 Å². The quantitative estimate of drug-likeness (QED) is 0.939. The minimum Gasteiger partial charge on any atom is -0.478 e. The van der Waals surface area contributed by atoms with Crippen molar-refractivity contribution in [3.63, 3.8) is 0 Å². The molecule has 2 aromatic rings. The molecular formula is C12H8BrNO2S. The second kappa shape index (κ2) is 5.33. The molecule has 86 valence electrons. The molecular weight excluding hydrogens is 302 g/mol. The molecule has 0 bridgehead atoms. The topological polar surface area (TPSA) is 50.2 Å². The SMILES string of the molecule is O=C(O)c1ccccc1Sc1ccc(Br)cn1. The van der Waals surface area contributed by atoms with E-state index in [2.05, 4.69) is 20.9 Å². The van der Waals surface area contributed by atoms with Crippen LogP contribution in [0.1, 0.15) is 10.4 Å². The van der Waals surface area contributed by atoms with E-state index in [1.807, 2.05) is 18.2 Å². The minimum absolute atomic E-state index is 0.294. The highest BCUT2D eigenvalue weighted by Gasteiger charge is 2.10. The Morgan fingerprint density at radius 3 is 2.65 bits per heavy atom. The van der Waals surface area contributed by atoms with Gasteiger partial charge >= 0.3 is 5.97 Å². The number of benzene rings is 1. The monoisotopic (exact) mass is 309 g/mol. The summed E-state index contributed by atoms with van der Waals surface area (Å²) in [6.07, 6.45) is 1.69. The van der Waals surface area contributed by atoms with Crippen molar-refractivity contribution in [2.24, 2.45) is 0 Å². The summed E-state index contributed by atoms with van der Waals surface area (Å²) in [5.41, 5.74) is 0.294. The molecule has 1 aromatic heterocycles. The molecule has 0 aliphatic heterocycles. The van der Waals surface area contributed by atoms with Crippen LogP contribution in [-0.4, -0.2) is 16.1 Å². The van der Waals surface area contributed by atoms with Crippen molar-refractivity contribution in [3.8, 4) is 0 Å². The van der Waals surface area contributed by atoms with E-state index in [0.717, 1.165) is 9.50 Å². The summed E-state index contributed by atoms with van der Waals surface area (Å²) in [7, 11) is 0. The number of aromatic carboxylic acids is 1. The second-order valence-electron chi connectivity index (χ2n) is 3.22. The molecule has 2 rings (SSSR count). The van der Waals surface area contributed by atoms with Crippen LogP contribution < -0.4 is 0 Å². The maximum Gasteiger partial charge on any atom is 0.336 e. The zero-order valence-corrected chi connectivity index (χ0v) is 11.0. The largest absolute Gasteiger partial charge is 0.478 e. The standard InChI is InChI=1S/C12H8BrNO2S/c13-8-5-6-11(14-7-8)17-10-4-2-1-3-9(10)12(15)16/h1-7H,(H,15,16). The molecule has 1 N–H and O–H groups in total. The molecule has 17 heavy (non-hydrogen) atoms. The highest BCUT2D eigenvalue weighted by molar-refractivity contribution is 9.10. The molecule has 0 radical (unpaired) electrons. The van der Waals surface area contributed by atoms with Crippen LogP contribution in [0.4, 0.5) is 0 Å². The Kier molecular flexibility index (Phi) is 3.81. The predicted molar refractivity (Wildman–Crippen MR) is 69.5 cm³/mol. The van der Waals surface area contributed by atoms with Gasteiger partial charge in [-0.2, -0.15) is 0 Å². The molecule has 1 heterocycles. The Bertz CT molecular complexity index is 542. The van der Waals surface area contributed by atoms with Gasteiger partial charge in [0, 0.05) is 15.6 Å². The summed E-state index contributed by atoms with van der Waals surface area (Å²) >= 11 is 4.64. The summed E-state index contributed by atoms with van der Waals surface area (Å²) in [5.74, 6) is -0.926. The number of pyridine rings is 1. The van der Waals surface area contributed by atoms with Gasteiger partial charge in [0.1, 0.15) is 5.03 Å². The first-order valence-corrected chi connectivity index (χ1v) is 6.39. The lowest BCUT2D eigenvalue weighted by Crippen LogP contribution is -1.98. The third-order valence-corrected chi connectivity index (χ3v) is 3.53. The number of carboxylic acids is 1. The van der Waals surface area contributed by atoms with Gasteiger partial charge in [0.15, 0.2) is 0 Å². The van der Waals surface area contributed by atoms with Crippen molar-refractivity contribution in [1.82, 2.24) is 4.98 Å². The highest BCUT2D eigenvalue weighted by atomic mass is 79.9. The Morgan fingerprint density at radius 1 is 1.24 bits per heavy atom. The first-order chi connectivity index (χ1) is 8.16. The van der Waals surface area contributed by atoms with Crippen LogP contribution in [0.15, 0.2) is 57.0 Å². The first-order valence-electron chi connectivity index (χ1n) is 4.78. The Balaban J connectivity index is 2.30. The Hall–Kier alpha value is -1.33. The molecule has 0 saturated heterocycles. The van der Waals surface area contributed by atoms with E-state index >= 15 is 0 Å². The lowest BCUT2D eigenvalue weighted by Gasteiger charge is -2.04. The Labute approximate surface area is 111 Å². The molecule has 0 saturated carbocycles. The number of rotatable bonds is 3. The van der Waals surface area contributed by atoms with Crippen molar-refractivity contribution >= 4 is 33.7 Å². The van der Waals surface area contributed by atoms with Crippen molar-refractivity contribution in [2.75, 3.05) is 0 Å². The van der Waals surface area contributed by atoms with Crippen molar-refractivity contribution in [2.45, 2.75) is 9.92 Å². The fourth-order valence-electron chi connectivity index (χ4n) is 1.27. The molecule has 0 spiro atoms. The number of halogens is 1. The van der Waals surface area contributed by atoms with Crippen molar-refractivity contribution in [1.29, 1.82) is 0 Å². The molecule has 1 aromatic carbocycles. The van der Waals surface area contributed by atoms with E-state index in [9.17, 15) is 4.79 Å². The number of nitrogens with zero attached hydrogens (tertiary/aromatic N) is 1. The zero-order chi connectivity index (χ0) is 12.3. The molecule has 0 amide bonds. The molecule has 0 unspecified atom stereocenters. The average molecular weight is 310 g/mol. The maximum absolute atomic E-state index is 11.0. The number of carbonyl (C=O) groups is 1. The van der Waals surface area contributed by atoms with E-state index in [1.165, 1.54) is 11.8 Å². The van der Waals surface area contributed by atoms with E-state index in [0.29, 0.717) is 10.5 Å². The van der Waals surface area contributed by atoms with Crippen molar-refractivity contribution < 1.29 is 9.90 Å². The van der Waals surface area contributed by atoms with E-state index < -0.39 is 5.97 Å².